The average molecular weight is 407 g/mol. The molecule has 5 heterocycles. The van der Waals surface area contributed by atoms with Crippen LogP contribution in [0, 0.1) is 0 Å². The van der Waals surface area contributed by atoms with Gasteiger partial charge in [-0.25, -0.2) is 15.0 Å². The monoisotopic (exact) mass is 407 g/mol. The van der Waals surface area contributed by atoms with Crippen LogP contribution in [-0.4, -0.2) is 74.9 Å². The van der Waals surface area contributed by atoms with Gasteiger partial charge in [-0.3, -0.25) is 4.57 Å². The Morgan fingerprint density at radius 1 is 1.25 bits per heavy atom. The number of nitrogens with zero attached hydrogens (tertiary/aromatic N) is 4. The smallest absolute Gasteiger partial charge is 0.167 e. The van der Waals surface area contributed by atoms with Crippen LogP contribution in [0.3, 0.4) is 0 Å². The SMILES string of the molecule is CSCC1OC(n2cnc3c(NC4CCOC4)ncnc32)C2OC(C)(C)OC12. The largest absolute Gasteiger partial charge is 0.379 e. The fraction of sp³-hybridized carbons (Fsp3) is 0.722. The molecule has 3 aliphatic rings. The lowest BCUT2D eigenvalue weighted by Crippen LogP contribution is -2.31. The second kappa shape index (κ2) is 7.10. The zero-order valence-electron chi connectivity index (χ0n) is 16.2. The van der Waals surface area contributed by atoms with Crippen molar-refractivity contribution in [1.29, 1.82) is 0 Å². The summed E-state index contributed by atoms with van der Waals surface area (Å²) in [7, 11) is 0. The van der Waals surface area contributed by atoms with Gasteiger partial charge in [0.25, 0.3) is 0 Å². The summed E-state index contributed by atoms with van der Waals surface area (Å²) in [5.41, 5.74) is 1.44. The molecule has 0 amide bonds. The fourth-order valence-corrected chi connectivity index (χ4v) is 4.76. The molecule has 152 valence electrons. The Labute approximate surface area is 167 Å². The third kappa shape index (κ3) is 3.17. The Morgan fingerprint density at radius 2 is 2.11 bits per heavy atom. The zero-order valence-corrected chi connectivity index (χ0v) is 17.0. The lowest BCUT2D eigenvalue weighted by Gasteiger charge is -2.24. The van der Waals surface area contributed by atoms with Crippen molar-refractivity contribution < 1.29 is 18.9 Å². The molecule has 1 N–H and O–H groups in total. The van der Waals surface area contributed by atoms with E-state index in [0.29, 0.717) is 6.61 Å². The van der Waals surface area contributed by atoms with E-state index < -0.39 is 5.79 Å². The minimum atomic E-state index is -0.630. The number of rotatable bonds is 5. The Balaban J connectivity index is 1.47. The standard InChI is InChI=1S/C18H25N5O4S/c1-18(2)26-13-11(7-28-3)25-17(14(13)27-18)23-9-21-12-15(19-8-20-16(12)23)22-10-4-5-24-6-10/h8-11,13-14,17H,4-7H2,1-3H3,(H,19,20,22). The molecule has 0 aromatic carbocycles. The highest BCUT2D eigenvalue weighted by Crippen LogP contribution is 2.44. The van der Waals surface area contributed by atoms with Crippen LogP contribution in [-0.2, 0) is 18.9 Å². The minimum absolute atomic E-state index is 0.0423. The molecule has 2 aromatic heterocycles. The number of fused-ring (bicyclic) bond motifs is 2. The number of ether oxygens (including phenoxy) is 4. The summed E-state index contributed by atoms with van der Waals surface area (Å²) in [4.78, 5) is 13.4. The zero-order chi connectivity index (χ0) is 19.3. The Kier molecular flexibility index (Phi) is 4.71. The molecule has 0 spiro atoms. The summed E-state index contributed by atoms with van der Waals surface area (Å²) < 4.78 is 26.1. The van der Waals surface area contributed by atoms with Gasteiger partial charge in [-0.1, -0.05) is 0 Å². The van der Waals surface area contributed by atoms with Gasteiger partial charge >= 0.3 is 0 Å². The summed E-state index contributed by atoms with van der Waals surface area (Å²) >= 11 is 1.74. The van der Waals surface area contributed by atoms with E-state index >= 15 is 0 Å². The van der Waals surface area contributed by atoms with Crippen LogP contribution in [0.1, 0.15) is 26.5 Å². The molecule has 9 nitrogen and oxygen atoms in total. The molecular weight excluding hydrogens is 382 g/mol. The van der Waals surface area contributed by atoms with Gasteiger partial charge < -0.3 is 24.3 Å². The molecule has 2 aromatic rings. The summed E-state index contributed by atoms with van der Waals surface area (Å²) in [6.45, 7) is 5.33. The molecule has 10 heteroatoms. The summed E-state index contributed by atoms with van der Waals surface area (Å²) in [5.74, 6) is 0.931. The van der Waals surface area contributed by atoms with E-state index in [2.05, 4.69) is 26.5 Å². The summed E-state index contributed by atoms with van der Waals surface area (Å²) in [6.07, 6.45) is 5.63. The predicted molar refractivity (Wildman–Crippen MR) is 104 cm³/mol. The van der Waals surface area contributed by atoms with Gasteiger partial charge in [0, 0.05) is 12.4 Å². The summed E-state index contributed by atoms with van der Waals surface area (Å²) in [5, 5.41) is 3.42. The average Bonchev–Trinajstić information content (AvgIpc) is 3.41. The number of nitrogens with one attached hydrogen (secondary N) is 1. The number of imidazole rings is 1. The molecule has 5 atom stereocenters. The van der Waals surface area contributed by atoms with Gasteiger partial charge in [-0.2, -0.15) is 11.8 Å². The van der Waals surface area contributed by atoms with E-state index in [1.54, 1.807) is 24.4 Å². The highest BCUT2D eigenvalue weighted by molar-refractivity contribution is 7.98. The van der Waals surface area contributed by atoms with Crippen molar-refractivity contribution in [1.82, 2.24) is 19.5 Å². The van der Waals surface area contributed by atoms with Crippen LogP contribution in [0.25, 0.3) is 11.2 Å². The van der Waals surface area contributed by atoms with Crippen LogP contribution in [0.5, 0.6) is 0 Å². The third-order valence-corrected chi connectivity index (χ3v) is 6.02. The minimum Gasteiger partial charge on any atom is -0.379 e. The van der Waals surface area contributed by atoms with Crippen molar-refractivity contribution >= 4 is 28.7 Å². The molecule has 3 saturated heterocycles. The lowest BCUT2D eigenvalue weighted by atomic mass is 10.1. The highest BCUT2D eigenvalue weighted by Gasteiger charge is 2.55. The molecule has 28 heavy (non-hydrogen) atoms. The summed E-state index contributed by atoms with van der Waals surface area (Å²) in [6, 6.07) is 0.244. The maximum atomic E-state index is 6.34. The van der Waals surface area contributed by atoms with Crippen molar-refractivity contribution in [3.05, 3.63) is 12.7 Å². The highest BCUT2D eigenvalue weighted by atomic mass is 32.2. The first-order valence-corrected chi connectivity index (χ1v) is 11.0. The first-order chi connectivity index (χ1) is 13.6. The molecular formula is C18H25N5O4S. The van der Waals surface area contributed by atoms with Crippen LogP contribution >= 0.6 is 11.8 Å². The van der Waals surface area contributed by atoms with E-state index in [-0.39, 0.29) is 30.6 Å². The molecule has 0 bridgehead atoms. The van der Waals surface area contributed by atoms with Crippen molar-refractivity contribution in [3.63, 3.8) is 0 Å². The van der Waals surface area contributed by atoms with Crippen molar-refractivity contribution in [2.75, 3.05) is 30.5 Å². The second-order valence-electron chi connectivity index (χ2n) is 7.84. The van der Waals surface area contributed by atoms with E-state index in [0.717, 1.165) is 35.8 Å². The molecule has 5 rings (SSSR count). The van der Waals surface area contributed by atoms with Gasteiger partial charge in [0.1, 0.15) is 18.5 Å². The van der Waals surface area contributed by atoms with Gasteiger partial charge in [0.15, 0.2) is 29.0 Å². The normalized spacial score (nSPS) is 34.2. The molecule has 0 saturated carbocycles. The van der Waals surface area contributed by atoms with Crippen LogP contribution in [0.2, 0.25) is 0 Å². The van der Waals surface area contributed by atoms with Crippen LogP contribution in [0.15, 0.2) is 12.7 Å². The Hall–Kier alpha value is -1.46. The maximum absolute atomic E-state index is 6.34. The number of aromatic nitrogens is 4. The van der Waals surface area contributed by atoms with Crippen molar-refractivity contribution in [2.24, 2.45) is 0 Å². The lowest BCUT2D eigenvalue weighted by molar-refractivity contribution is -0.193. The number of hydrogen-bond acceptors (Lipinski definition) is 9. The third-order valence-electron chi connectivity index (χ3n) is 5.36. The van der Waals surface area contributed by atoms with E-state index in [1.807, 2.05) is 18.4 Å². The van der Waals surface area contributed by atoms with Crippen LogP contribution < -0.4 is 5.32 Å². The molecule has 5 unspecified atom stereocenters. The number of anilines is 1. The van der Waals surface area contributed by atoms with Crippen molar-refractivity contribution in [2.45, 2.75) is 56.6 Å². The predicted octanol–water partition coefficient (Wildman–Crippen LogP) is 1.81. The molecule has 0 aliphatic carbocycles. The van der Waals surface area contributed by atoms with E-state index in [1.165, 1.54) is 0 Å². The quantitative estimate of drug-likeness (QED) is 0.796. The molecule has 3 aliphatic heterocycles. The molecule has 0 radical (unpaired) electrons. The van der Waals surface area contributed by atoms with Gasteiger partial charge in [-0.05, 0) is 26.5 Å². The first kappa shape index (κ1) is 18.6. The first-order valence-electron chi connectivity index (χ1n) is 9.57. The Bertz CT molecular complexity index is 856. The number of thioether (sulfide) groups is 1. The van der Waals surface area contributed by atoms with Gasteiger partial charge in [-0.15, -0.1) is 0 Å². The van der Waals surface area contributed by atoms with Gasteiger partial charge in [0.05, 0.1) is 25.1 Å². The van der Waals surface area contributed by atoms with E-state index in [4.69, 9.17) is 18.9 Å². The maximum Gasteiger partial charge on any atom is 0.167 e. The Morgan fingerprint density at radius 3 is 2.89 bits per heavy atom. The van der Waals surface area contributed by atoms with E-state index in [9.17, 15) is 0 Å². The molecule has 3 fully saturated rings. The fourth-order valence-electron chi connectivity index (χ4n) is 4.17. The number of hydrogen-bond donors (Lipinski definition) is 1. The second-order valence-corrected chi connectivity index (χ2v) is 8.75. The van der Waals surface area contributed by atoms with Gasteiger partial charge in [0.2, 0.25) is 0 Å². The van der Waals surface area contributed by atoms with Crippen molar-refractivity contribution in [3.8, 4) is 0 Å². The van der Waals surface area contributed by atoms with Crippen LogP contribution in [0.4, 0.5) is 5.82 Å². The topological polar surface area (TPSA) is 92.6 Å².